The van der Waals surface area contributed by atoms with Gasteiger partial charge in [-0.25, -0.2) is 4.57 Å². The average Bonchev–Trinajstić information content (AvgIpc) is 3.30. The lowest BCUT2D eigenvalue weighted by molar-refractivity contribution is -0.154. The van der Waals surface area contributed by atoms with Crippen LogP contribution in [0.3, 0.4) is 0 Å². The highest BCUT2D eigenvalue weighted by Gasteiger charge is 2.26. The van der Waals surface area contributed by atoms with Crippen molar-refractivity contribution >= 4 is 13.8 Å². The van der Waals surface area contributed by atoms with Crippen molar-refractivity contribution in [2.75, 3.05) is 33.0 Å². The highest BCUT2D eigenvalue weighted by molar-refractivity contribution is 7.47. The number of phosphoric ester groups is 1. The van der Waals surface area contributed by atoms with E-state index in [1.807, 2.05) is 0 Å². The number of aliphatic hydroxyl groups excluding tert-OH is 2. The molecule has 0 bridgehead atoms. The van der Waals surface area contributed by atoms with Crippen molar-refractivity contribution in [2.24, 2.45) is 0 Å². The lowest BCUT2D eigenvalue weighted by Crippen LogP contribution is -2.29. The second kappa shape index (κ2) is 51.8. The Morgan fingerprint density at radius 2 is 0.877 bits per heavy atom. The number of esters is 1. The third-order valence-corrected chi connectivity index (χ3v) is 12.7. The van der Waals surface area contributed by atoms with E-state index in [0.29, 0.717) is 6.61 Å². The fraction of sp³-hybridized carbons (Fsp3) is 0.836. The van der Waals surface area contributed by atoms with Gasteiger partial charge >= 0.3 is 13.8 Å². The summed E-state index contributed by atoms with van der Waals surface area (Å²) in [4.78, 5) is 22.7. The van der Waals surface area contributed by atoms with Gasteiger partial charge in [-0.05, 0) is 51.4 Å². The standard InChI is InChI=1S/C55H103O9P/c1-3-5-7-9-11-13-15-17-19-21-23-25-27-29-31-33-35-37-39-41-43-45-47-55(58)64-54(52-63-65(59,60)62-50-53(57)49-56)51-61-48-46-44-42-40-38-36-34-32-30-28-26-24-22-20-18-16-14-12-10-8-6-4-2/h6,8,12,14,18,20,24,26,53-54,56-57H,3-5,7,9-11,13,15-17,19,21-23,25,27-52H2,1-2H3,(H,59,60)/b8-6-,14-12-,20-18-,26-24-. The summed E-state index contributed by atoms with van der Waals surface area (Å²) in [5.41, 5.74) is 0. The van der Waals surface area contributed by atoms with Crippen LogP contribution in [-0.2, 0) is 27.9 Å². The first-order chi connectivity index (χ1) is 31.8. The van der Waals surface area contributed by atoms with E-state index >= 15 is 0 Å². The van der Waals surface area contributed by atoms with Crippen molar-refractivity contribution in [2.45, 2.75) is 264 Å². The number of ether oxygens (including phenoxy) is 2. The Bertz CT molecular complexity index is 1160. The van der Waals surface area contributed by atoms with Crippen LogP contribution in [0.2, 0.25) is 0 Å². The van der Waals surface area contributed by atoms with Crippen LogP contribution in [0, 0.1) is 0 Å². The van der Waals surface area contributed by atoms with Gasteiger partial charge in [-0.1, -0.05) is 242 Å². The number of allylic oxidation sites excluding steroid dienone is 8. The van der Waals surface area contributed by atoms with E-state index in [-0.39, 0.29) is 25.6 Å². The molecule has 3 atom stereocenters. The van der Waals surface area contributed by atoms with Crippen LogP contribution in [0.5, 0.6) is 0 Å². The van der Waals surface area contributed by atoms with Crippen LogP contribution in [0.15, 0.2) is 48.6 Å². The number of unbranched alkanes of at least 4 members (excludes halogenated alkanes) is 30. The van der Waals surface area contributed by atoms with Gasteiger partial charge in [0.05, 0.1) is 26.4 Å². The molecular formula is C55H103O9P. The summed E-state index contributed by atoms with van der Waals surface area (Å²) in [5, 5.41) is 18.4. The maximum absolute atomic E-state index is 12.7. The summed E-state index contributed by atoms with van der Waals surface area (Å²) in [6.45, 7) is 3.44. The number of hydrogen-bond donors (Lipinski definition) is 3. The molecule has 3 unspecified atom stereocenters. The molecule has 0 amide bonds. The van der Waals surface area contributed by atoms with Gasteiger partial charge in [0.25, 0.3) is 0 Å². The van der Waals surface area contributed by atoms with Gasteiger partial charge in [-0.2, -0.15) is 0 Å². The van der Waals surface area contributed by atoms with Crippen LogP contribution in [-0.4, -0.2) is 66.3 Å². The van der Waals surface area contributed by atoms with E-state index < -0.39 is 33.2 Å². The summed E-state index contributed by atoms with van der Waals surface area (Å²) >= 11 is 0. The Hall–Kier alpha value is -1.58. The molecule has 0 fully saturated rings. The van der Waals surface area contributed by atoms with E-state index in [2.05, 4.69) is 62.5 Å². The van der Waals surface area contributed by atoms with Crippen molar-refractivity contribution < 1.29 is 43.0 Å². The molecule has 0 aliphatic heterocycles. The van der Waals surface area contributed by atoms with Gasteiger partial charge in [0.2, 0.25) is 0 Å². The van der Waals surface area contributed by atoms with Crippen molar-refractivity contribution in [3.63, 3.8) is 0 Å². The summed E-state index contributed by atoms with van der Waals surface area (Å²) < 4.78 is 33.6. The fourth-order valence-corrected chi connectivity index (χ4v) is 8.49. The van der Waals surface area contributed by atoms with Gasteiger partial charge in [0.15, 0.2) is 0 Å². The van der Waals surface area contributed by atoms with E-state index in [9.17, 15) is 19.4 Å². The molecule has 65 heavy (non-hydrogen) atoms. The van der Waals surface area contributed by atoms with Crippen molar-refractivity contribution in [3.05, 3.63) is 48.6 Å². The molecule has 9 nitrogen and oxygen atoms in total. The highest BCUT2D eigenvalue weighted by atomic mass is 31.2. The molecule has 0 aromatic carbocycles. The van der Waals surface area contributed by atoms with Gasteiger partial charge < -0.3 is 24.6 Å². The van der Waals surface area contributed by atoms with Crippen molar-refractivity contribution in [1.82, 2.24) is 0 Å². The second-order valence-electron chi connectivity index (χ2n) is 18.2. The van der Waals surface area contributed by atoms with E-state index in [1.54, 1.807) is 0 Å². The number of carbonyl (C=O) groups excluding carboxylic acids is 1. The summed E-state index contributed by atoms with van der Waals surface area (Å²) in [7, 11) is -4.53. The third-order valence-electron chi connectivity index (χ3n) is 11.8. The predicted molar refractivity (Wildman–Crippen MR) is 274 cm³/mol. The Kier molecular flexibility index (Phi) is 50.5. The molecule has 0 heterocycles. The zero-order valence-electron chi connectivity index (χ0n) is 42.2. The lowest BCUT2D eigenvalue weighted by Gasteiger charge is -2.20. The fourth-order valence-electron chi connectivity index (χ4n) is 7.70. The summed E-state index contributed by atoms with van der Waals surface area (Å²) in [6.07, 6.45) is 60.8. The molecule has 0 aliphatic rings. The van der Waals surface area contributed by atoms with Gasteiger partial charge in [0, 0.05) is 13.0 Å². The number of aliphatic hydroxyl groups is 2. The number of hydrogen-bond acceptors (Lipinski definition) is 8. The quantitative estimate of drug-likeness (QED) is 0.0236. The molecule has 3 N–H and O–H groups in total. The molecule has 0 spiro atoms. The molecule has 0 aliphatic carbocycles. The maximum atomic E-state index is 12.7. The maximum Gasteiger partial charge on any atom is 0.472 e. The number of carbonyl (C=O) groups is 1. The third kappa shape index (κ3) is 51.7. The molecule has 10 heteroatoms. The SMILES string of the molecule is CC/C=C\C/C=C\C/C=C\C/C=C\CCCCCCCCCCCOCC(COP(=O)(O)OCC(O)CO)OC(=O)CCCCCCCCCCCCCCCCCCCCCCCC. The summed E-state index contributed by atoms with van der Waals surface area (Å²) in [6, 6.07) is 0. The first kappa shape index (κ1) is 63.4. The van der Waals surface area contributed by atoms with Gasteiger partial charge in [-0.3, -0.25) is 13.8 Å². The minimum atomic E-state index is -4.53. The molecule has 0 saturated carbocycles. The van der Waals surface area contributed by atoms with E-state index in [4.69, 9.17) is 23.6 Å². The molecule has 0 rings (SSSR count). The average molecular weight is 939 g/mol. The lowest BCUT2D eigenvalue weighted by atomic mass is 10.0. The molecule has 0 radical (unpaired) electrons. The number of rotatable bonds is 52. The topological polar surface area (TPSA) is 132 Å². The highest BCUT2D eigenvalue weighted by Crippen LogP contribution is 2.43. The van der Waals surface area contributed by atoms with E-state index in [1.165, 1.54) is 161 Å². The first-order valence-corrected chi connectivity index (χ1v) is 28.6. The zero-order valence-corrected chi connectivity index (χ0v) is 43.1. The van der Waals surface area contributed by atoms with Crippen molar-refractivity contribution in [3.8, 4) is 0 Å². The first-order valence-electron chi connectivity index (χ1n) is 27.1. The van der Waals surface area contributed by atoms with Crippen LogP contribution in [0.25, 0.3) is 0 Å². The van der Waals surface area contributed by atoms with Crippen LogP contribution < -0.4 is 0 Å². The van der Waals surface area contributed by atoms with Crippen molar-refractivity contribution in [1.29, 1.82) is 0 Å². The van der Waals surface area contributed by atoms with E-state index in [0.717, 1.165) is 70.6 Å². The second-order valence-corrected chi connectivity index (χ2v) is 19.7. The minimum absolute atomic E-state index is 0.0469. The largest absolute Gasteiger partial charge is 0.472 e. The Morgan fingerprint density at radius 1 is 0.492 bits per heavy atom. The monoisotopic (exact) mass is 939 g/mol. The Labute approximate surface area is 400 Å². The Balaban J connectivity index is 4.03. The minimum Gasteiger partial charge on any atom is -0.457 e. The van der Waals surface area contributed by atoms with Gasteiger partial charge in [0.1, 0.15) is 12.2 Å². The van der Waals surface area contributed by atoms with Crippen LogP contribution in [0.1, 0.15) is 251 Å². The molecular weight excluding hydrogens is 836 g/mol. The van der Waals surface area contributed by atoms with Crippen LogP contribution >= 0.6 is 7.82 Å². The molecule has 382 valence electrons. The molecule has 0 saturated heterocycles. The summed E-state index contributed by atoms with van der Waals surface area (Å²) in [5.74, 6) is -0.380. The Morgan fingerprint density at radius 3 is 1.32 bits per heavy atom. The zero-order chi connectivity index (χ0) is 47.4. The van der Waals surface area contributed by atoms with Crippen LogP contribution in [0.4, 0.5) is 0 Å². The predicted octanol–water partition coefficient (Wildman–Crippen LogP) is 16.1. The van der Waals surface area contributed by atoms with Gasteiger partial charge in [-0.15, -0.1) is 0 Å². The smallest absolute Gasteiger partial charge is 0.457 e. The number of phosphoric acid groups is 1. The molecule has 0 aromatic rings. The normalized spacial score (nSPS) is 14.1. The molecule has 0 aromatic heterocycles.